The van der Waals surface area contributed by atoms with Crippen LogP contribution in [0.2, 0.25) is 0 Å². The Labute approximate surface area is 55.6 Å². The quantitative estimate of drug-likeness (QED) is 0.470. The molecule has 0 aliphatic carbocycles. The summed E-state index contributed by atoms with van der Waals surface area (Å²) >= 11 is 0. The van der Waals surface area contributed by atoms with E-state index >= 15 is 0 Å². The number of pyridine rings is 1. The largest absolute Gasteiger partial charge is 0.471 e. The summed E-state index contributed by atoms with van der Waals surface area (Å²) in [5, 5.41) is 1.99. The minimum Gasteiger partial charge on any atom is -0.471 e. The summed E-state index contributed by atoms with van der Waals surface area (Å²) in [6, 6.07) is 0. The minimum atomic E-state index is 0.666. The lowest BCUT2D eigenvalue weighted by Crippen LogP contribution is -1.61. The molecule has 3 nitrogen and oxygen atoms in total. The first-order chi connectivity index (χ1) is 4.95. The molecule has 0 aromatic carbocycles. The van der Waals surface area contributed by atoms with Gasteiger partial charge in [0.15, 0.2) is 5.58 Å². The third kappa shape index (κ3) is 0.301. The number of nitrogens with zero attached hydrogens (tertiary/aromatic N) is 1. The molecular formula is C7H3NO2. The van der Waals surface area contributed by atoms with Crippen molar-refractivity contribution < 1.29 is 8.83 Å². The number of aromatic nitrogens is 1. The van der Waals surface area contributed by atoms with Gasteiger partial charge in [0.05, 0.1) is 17.0 Å². The zero-order chi connectivity index (χ0) is 6.55. The molecule has 0 aliphatic heterocycles. The normalized spacial score (nSPS) is 12.0. The molecule has 0 saturated carbocycles. The summed E-state index contributed by atoms with van der Waals surface area (Å²) in [6.45, 7) is 0. The Bertz CT molecular complexity index is 425. The third-order valence-electron chi connectivity index (χ3n) is 1.66. The second kappa shape index (κ2) is 1.16. The van der Waals surface area contributed by atoms with E-state index in [1.165, 1.54) is 0 Å². The van der Waals surface area contributed by atoms with Gasteiger partial charge in [-0.25, -0.2) is 4.98 Å². The van der Waals surface area contributed by atoms with E-state index in [2.05, 4.69) is 4.98 Å². The van der Waals surface area contributed by atoms with Crippen molar-refractivity contribution in [2.75, 3.05) is 0 Å². The van der Waals surface area contributed by atoms with Crippen molar-refractivity contribution in [1.82, 2.24) is 4.98 Å². The molecule has 3 heteroatoms. The van der Waals surface area contributed by atoms with Gasteiger partial charge in [-0.3, -0.25) is 0 Å². The maximum absolute atomic E-state index is 5.23. The van der Waals surface area contributed by atoms with E-state index in [0.29, 0.717) is 5.71 Å². The molecule has 48 valence electrons. The lowest BCUT2D eigenvalue weighted by Gasteiger charge is -1.71. The van der Waals surface area contributed by atoms with Crippen LogP contribution in [0.15, 0.2) is 27.6 Å². The van der Waals surface area contributed by atoms with Gasteiger partial charge < -0.3 is 8.83 Å². The topological polar surface area (TPSA) is 39.2 Å². The fourth-order valence-corrected chi connectivity index (χ4v) is 1.18. The van der Waals surface area contributed by atoms with Gasteiger partial charge in [0.2, 0.25) is 5.71 Å². The highest BCUT2D eigenvalue weighted by molar-refractivity contribution is 6.03. The molecule has 0 radical (unpaired) electrons. The molecule has 0 N–H and O–H groups in total. The van der Waals surface area contributed by atoms with E-state index in [0.717, 1.165) is 16.4 Å². The predicted molar refractivity (Wildman–Crippen MR) is 35.0 cm³/mol. The van der Waals surface area contributed by atoms with Crippen molar-refractivity contribution in [2.24, 2.45) is 0 Å². The summed E-state index contributed by atoms with van der Waals surface area (Å²) < 4.78 is 10.2. The molecule has 3 aromatic rings. The van der Waals surface area contributed by atoms with Gasteiger partial charge in [-0.05, 0) is 0 Å². The molecule has 0 fully saturated rings. The minimum absolute atomic E-state index is 0.666. The number of hydrogen-bond donors (Lipinski definition) is 0. The Hall–Kier alpha value is -1.51. The average Bonchev–Trinajstić information content (AvgIpc) is 2.60. The predicted octanol–water partition coefficient (Wildman–Crippen LogP) is 2.01. The Balaban J connectivity index is 2.88. The Morgan fingerprint density at radius 3 is 3.00 bits per heavy atom. The van der Waals surface area contributed by atoms with E-state index in [-0.39, 0.29) is 0 Å². The van der Waals surface area contributed by atoms with Crippen molar-refractivity contribution in [1.29, 1.82) is 0 Å². The van der Waals surface area contributed by atoms with Crippen molar-refractivity contribution in [3.63, 3.8) is 0 Å². The van der Waals surface area contributed by atoms with E-state index in [1.807, 2.05) is 0 Å². The van der Waals surface area contributed by atoms with Crippen molar-refractivity contribution >= 4 is 22.1 Å². The fourth-order valence-electron chi connectivity index (χ4n) is 1.18. The van der Waals surface area contributed by atoms with Crippen molar-refractivity contribution in [3.8, 4) is 0 Å². The number of hydrogen-bond acceptors (Lipinski definition) is 3. The summed E-state index contributed by atoms with van der Waals surface area (Å²) in [5.74, 6) is 0. The molecule has 0 saturated heterocycles. The van der Waals surface area contributed by atoms with Crippen molar-refractivity contribution in [3.05, 3.63) is 18.7 Å². The van der Waals surface area contributed by atoms with Crippen LogP contribution in [0.5, 0.6) is 0 Å². The second-order valence-corrected chi connectivity index (χ2v) is 2.23. The molecular weight excluding hydrogens is 130 g/mol. The Kier molecular flexibility index (Phi) is 0.502. The molecule has 2 bridgehead atoms. The highest BCUT2D eigenvalue weighted by atomic mass is 16.4. The smallest absolute Gasteiger partial charge is 0.230 e. The number of furan rings is 2. The van der Waals surface area contributed by atoms with Gasteiger partial charge in [-0.2, -0.15) is 0 Å². The first-order valence-corrected chi connectivity index (χ1v) is 2.98. The van der Waals surface area contributed by atoms with Crippen LogP contribution in [-0.2, 0) is 0 Å². The van der Waals surface area contributed by atoms with E-state index in [1.54, 1.807) is 18.7 Å². The van der Waals surface area contributed by atoms with Gasteiger partial charge in [0, 0.05) is 0 Å². The summed E-state index contributed by atoms with van der Waals surface area (Å²) in [4.78, 5) is 3.99. The molecule has 3 aromatic heterocycles. The van der Waals surface area contributed by atoms with Gasteiger partial charge in [0.1, 0.15) is 12.5 Å². The zero-order valence-corrected chi connectivity index (χ0v) is 5.00. The number of oxazole rings is 1. The van der Waals surface area contributed by atoms with Crippen molar-refractivity contribution in [2.45, 2.75) is 0 Å². The van der Waals surface area contributed by atoms with Gasteiger partial charge in [0.25, 0.3) is 0 Å². The summed E-state index contributed by atoms with van der Waals surface area (Å²) in [7, 11) is 0. The van der Waals surface area contributed by atoms with Crippen LogP contribution in [0.3, 0.4) is 0 Å². The Morgan fingerprint density at radius 1 is 1.20 bits per heavy atom. The van der Waals surface area contributed by atoms with Crippen LogP contribution < -0.4 is 0 Å². The number of fused-ring (bicyclic) bond motifs is 5. The van der Waals surface area contributed by atoms with Gasteiger partial charge in [-0.1, -0.05) is 0 Å². The third-order valence-corrected chi connectivity index (χ3v) is 1.66. The van der Waals surface area contributed by atoms with Crippen LogP contribution >= 0.6 is 0 Å². The summed E-state index contributed by atoms with van der Waals surface area (Å²) in [5.41, 5.74) is 1.47. The van der Waals surface area contributed by atoms with Crippen LogP contribution in [0.1, 0.15) is 0 Å². The lowest BCUT2D eigenvalue weighted by atomic mass is 10.3. The summed E-state index contributed by atoms with van der Waals surface area (Å²) in [6.07, 6.45) is 5.02. The van der Waals surface area contributed by atoms with E-state index in [4.69, 9.17) is 8.83 Å². The standard InChI is InChI=1S/C7H3NO2/c1-6-4-2-9-3-5(4)7(8-1)10-6/h1-3H. The maximum Gasteiger partial charge on any atom is 0.230 e. The van der Waals surface area contributed by atoms with Crippen LogP contribution in [-0.4, -0.2) is 4.98 Å². The fraction of sp³-hybridized carbons (Fsp3) is 0. The molecule has 0 atom stereocenters. The second-order valence-electron chi connectivity index (χ2n) is 2.23. The van der Waals surface area contributed by atoms with Crippen LogP contribution in [0.25, 0.3) is 22.1 Å². The highest BCUT2D eigenvalue weighted by Gasteiger charge is 2.11. The SMILES string of the molecule is c1nc2oc1c1cocc21. The molecule has 3 rings (SSSR count). The molecule has 10 heavy (non-hydrogen) atoms. The molecule has 0 amide bonds. The monoisotopic (exact) mass is 133 g/mol. The maximum atomic E-state index is 5.23. The zero-order valence-electron chi connectivity index (χ0n) is 5.00. The molecule has 3 heterocycles. The van der Waals surface area contributed by atoms with E-state index in [9.17, 15) is 0 Å². The molecule has 0 spiro atoms. The average molecular weight is 133 g/mol. The van der Waals surface area contributed by atoms with Gasteiger partial charge in [-0.15, -0.1) is 0 Å². The van der Waals surface area contributed by atoms with Crippen LogP contribution in [0, 0.1) is 0 Å². The van der Waals surface area contributed by atoms with Gasteiger partial charge >= 0.3 is 0 Å². The first kappa shape index (κ1) is 4.33. The van der Waals surface area contributed by atoms with E-state index < -0.39 is 0 Å². The Morgan fingerprint density at radius 2 is 2.10 bits per heavy atom. The number of rotatable bonds is 0. The lowest BCUT2D eigenvalue weighted by molar-refractivity contribution is 0.569. The molecule has 0 unspecified atom stereocenters. The first-order valence-electron chi connectivity index (χ1n) is 2.98. The highest BCUT2D eigenvalue weighted by Crippen LogP contribution is 2.29. The molecule has 0 aliphatic rings. The van der Waals surface area contributed by atoms with Crippen LogP contribution in [0.4, 0.5) is 0 Å².